The second-order valence-electron chi connectivity index (χ2n) is 9.55. The van der Waals surface area contributed by atoms with Gasteiger partial charge in [-0.25, -0.2) is 8.42 Å². The Hall–Kier alpha value is -2.09. The fourth-order valence-corrected chi connectivity index (χ4v) is 5.76. The van der Waals surface area contributed by atoms with Gasteiger partial charge in [0.2, 0.25) is 0 Å². The molecule has 0 aromatic heterocycles. The van der Waals surface area contributed by atoms with Crippen LogP contribution in [0, 0.1) is 0 Å². The summed E-state index contributed by atoms with van der Waals surface area (Å²) in [5.74, 6) is 1.51. The lowest BCUT2D eigenvalue weighted by molar-refractivity contribution is 0.0517. The van der Waals surface area contributed by atoms with Gasteiger partial charge in [-0.1, -0.05) is 57.2 Å². The molecule has 2 atom stereocenters. The van der Waals surface area contributed by atoms with Crippen LogP contribution in [0.4, 0.5) is 0 Å². The highest BCUT2D eigenvalue weighted by Crippen LogP contribution is 2.27. The molecular formula is C25H35NO5S. The zero-order valence-corrected chi connectivity index (χ0v) is 20.3. The van der Waals surface area contributed by atoms with E-state index in [-0.39, 0.29) is 29.6 Å². The van der Waals surface area contributed by atoms with E-state index >= 15 is 0 Å². The molecule has 2 unspecified atom stereocenters. The summed E-state index contributed by atoms with van der Waals surface area (Å²) in [6, 6.07) is 15.6. The molecule has 1 aliphatic rings. The number of rotatable bonds is 9. The summed E-state index contributed by atoms with van der Waals surface area (Å²) in [5.41, 5.74) is 2.42. The number of nitrogens with zero attached hydrogens (tertiary/aromatic N) is 1. The highest BCUT2D eigenvalue weighted by molar-refractivity contribution is 7.91. The van der Waals surface area contributed by atoms with Crippen LogP contribution in [0.1, 0.15) is 38.3 Å². The fraction of sp³-hybridized carbons (Fsp3) is 0.520. The Morgan fingerprint density at radius 2 is 1.75 bits per heavy atom. The van der Waals surface area contributed by atoms with Gasteiger partial charge in [0.05, 0.1) is 18.6 Å². The fourth-order valence-electron chi connectivity index (χ4n) is 4.00. The minimum absolute atomic E-state index is 0.0732. The Balaban J connectivity index is 1.68. The lowest BCUT2D eigenvalue weighted by Gasteiger charge is -2.30. The molecule has 0 bridgehead atoms. The van der Waals surface area contributed by atoms with Crippen LogP contribution in [-0.4, -0.2) is 62.3 Å². The van der Waals surface area contributed by atoms with Gasteiger partial charge in [0, 0.05) is 19.1 Å². The molecule has 1 saturated heterocycles. The van der Waals surface area contributed by atoms with Crippen molar-refractivity contribution in [3.8, 4) is 11.5 Å². The first-order chi connectivity index (χ1) is 15.1. The lowest BCUT2D eigenvalue weighted by atomic mass is 9.86. The lowest BCUT2D eigenvalue weighted by Crippen LogP contribution is -2.42. The quantitative estimate of drug-likeness (QED) is 0.617. The molecule has 6 nitrogen and oxygen atoms in total. The Morgan fingerprint density at radius 3 is 2.31 bits per heavy atom. The average molecular weight is 462 g/mol. The van der Waals surface area contributed by atoms with Gasteiger partial charge in [-0.2, -0.15) is 0 Å². The van der Waals surface area contributed by atoms with Crippen LogP contribution in [0.15, 0.2) is 48.5 Å². The van der Waals surface area contributed by atoms with Gasteiger partial charge >= 0.3 is 0 Å². The van der Waals surface area contributed by atoms with Crippen molar-refractivity contribution in [3.63, 3.8) is 0 Å². The first kappa shape index (κ1) is 24.6. The molecule has 1 N–H and O–H groups in total. The Bertz CT molecular complexity index is 982. The minimum atomic E-state index is -3.03. The molecule has 0 amide bonds. The van der Waals surface area contributed by atoms with Gasteiger partial charge in [-0.15, -0.1) is 0 Å². The van der Waals surface area contributed by atoms with Crippen molar-refractivity contribution < 1.29 is 23.0 Å². The number of aliphatic hydroxyl groups is 1. The van der Waals surface area contributed by atoms with Crippen LogP contribution in [0.25, 0.3) is 0 Å². The second kappa shape index (κ2) is 10.2. The van der Waals surface area contributed by atoms with Crippen LogP contribution in [-0.2, 0) is 21.8 Å². The van der Waals surface area contributed by atoms with E-state index in [1.54, 1.807) is 19.2 Å². The van der Waals surface area contributed by atoms with Crippen molar-refractivity contribution in [2.45, 2.75) is 51.3 Å². The van der Waals surface area contributed by atoms with E-state index in [4.69, 9.17) is 9.47 Å². The predicted octanol–water partition coefficient (Wildman–Crippen LogP) is 3.42. The normalized spacial score (nSPS) is 19.1. The third-order valence-corrected chi connectivity index (χ3v) is 7.63. The van der Waals surface area contributed by atoms with Crippen LogP contribution in [0.2, 0.25) is 0 Å². The topological polar surface area (TPSA) is 76.1 Å². The Labute approximate surface area is 192 Å². The van der Waals surface area contributed by atoms with Gasteiger partial charge in [0.25, 0.3) is 0 Å². The molecule has 7 heteroatoms. The SMILES string of the molecule is COc1ccccc1OCC(O)CN(Cc1ccc(C(C)(C)C)cc1)C1CCS(=O)(=O)C1. The van der Waals surface area contributed by atoms with E-state index in [0.29, 0.717) is 31.0 Å². The van der Waals surface area contributed by atoms with Crippen LogP contribution < -0.4 is 9.47 Å². The van der Waals surface area contributed by atoms with Crippen molar-refractivity contribution in [2.24, 2.45) is 0 Å². The van der Waals surface area contributed by atoms with E-state index in [0.717, 1.165) is 5.56 Å². The van der Waals surface area contributed by atoms with E-state index in [9.17, 15) is 13.5 Å². The Kier molecular flexibility index (Phi) is 7.85. The number of aliphatic hydroxyl groups excluding tert-OH is 1. The summed E-state index contributed by atoms with van der Waals surface area (Å²) in [5, 5.41) is 10.7. The highest BCUT2D eigenvalue weighted by Gasteiger charge is 2.33. The van der Waals surface area contributed by atoms with Gasteiger partial charge in [0.15, 0.2) is 21.3 Å². The number of methoxy groups -OCH3 is 1. The van der Waals surface area contributed by atoms with Crippen LogP contribution in [0.5, 0.6) is 11.5 Å². The van der Waals surface area contributed by atoms with Gasteiger partial charge in [0.1, 0.15) is 12.7 Å². The number of ether oxygens (including phenoxy) is 2. The van der Waals surface area contributed by atoms with Gasteiger partial charge in [-0.3, -0.25) is 4.90 Å². The average Bonchev–Trinajstić information content (AvgIpc) is 3.11. The maximum absolute atomic E-state index is 12.1. The summed E-state index contributed by atoms with van der Waals surface area (Å²) < 4.78 is 35.3. The smallest absolute Gasteiger partial charge is 0.161 e. The highest BCUT2D eigenvalue weighted by atomic mass is 32.2. The zero-order chi connectivity index (χ0) is 23.4. The van der Waals surface area contributed by atoms with E-state index in [1.807, 2.05) is 12.1 Å². The van der Waals surface area contributed by atoms with Crippen molar-refractivity contribution in [1.82, 2.24) is 4.90 Å². The summed E-state index contributed by atoms with van der Waals surface area (Å²) in [6.07, 6.45) is -0.181. The largest absolute Gasteiger partial charge is 0.493 e. The number of hydrogen-bond acceptors (Lipinski definition) is 6. The van der Waals surface area contributed by atoms with Crippen molar-refractivity contribution in [3.05, 3.63) is 59.7 Å². The number of sulfone groups is 1. The molecule has 0 saturated carbocycles. The first-order valence-electron chi connectivity index (χ1n) is 11.0. The summed E-state index contributed by atoms with van der Waals surface area (Å²) in [6.45, 7) is 7.54. The summed E-state index contributed by atoms with van der Waals surface area (Å²) in [4.78, 5) is 2.08. The molecule has 1 heterocycles. The molecule has 0 radical (unpaired) electrons. The van der Waals surface area contributed by atoms with E-state index < -0.39 is 15.9 Å². The molecule has 2 aromatic carbocycles. The summed E-state index contributed by atoms with van der Waals surface area (Å²) in [7, 11) is -1.45. The molecule has 0 aliphatic carbocycles. The molecular weight excluding hydrogens is 426 g/mol. The summed E-state index contributed by atoms with van der Waals surface area (Å²) >= 11 is 0. The van der Waals surface area contributed by atoms with Crippen LogP contribution in [0.3, 0.4) is 0 Å². The number of hydrogen-bond donors (Lipinski definition) is 1. The van der Waals surface area contributed by atoms with Crippen molar-refractivity contribution >= 4 is 9.84 Å². The number of benzene rings is 2. The van der Waals surface area contributed by atoms with E-state index in [1.165, 1.54) is 5.56 Å². The maximum atomic E-state index is 12.1. The minimum Gasteiger partial charge on any atom is -0.493 e. The molecule has 1 fully saturated rings. The molecule has 2 aromatic rings. The van der Waals surface area contributed by atoms with Gasteiger partial charge < -0.3 is 14.6 Å². The monoisotopic (exact) mass is 461 g/mol. The molecule has 0 spiro atoms. The Morgan fingerprint density at radius 1 is 1.09 bits per heavy atom. The third-order valence-electron chi connectivity index (χ3n) is 5.88. The third kappa shape index (κ3) is 6.70. The van der Waals surface area contributed by atoms with Gasteiger partial charge in [-0.05, 0) is 35.1 Å². The van der Waals surface area contributed by atoms with Crippen molar-refractivity contribution in [2.75, 3.05) is 31.8 Å². The zero-order valence-electron chi connectivity index (χ0n) is 19.5. The predicted molar refractivity (Wildman–Crippen MR) is 127 cm³/mol. The molecule has 1 aliphatic heterocycles. The van der Waals surface area contributed by atoms with E-state index in [2.05, 4.69) is 49.9 Å². The molecule has 3 rings (SSSR count). The van der Waals surface area contributed by atoms with Crippen LogP contribution >= 0.6 is 0 Å². The van der Waals surface area contributed by atoms with Crippen molar-refractivity contribution in [1.29, 1.82) is 0 Å². The standard InChI is InChI=1S/C25H35NO5S/c1-25(2,3)20-11-9-19(10-12-20)15-26(21-13-14-32(28,29)18-21)16-22(27)17-31-24-8-6-5-7-23(24)30-4/h5-12,21-22,27H,13-18H2,1-4H3. The molecule has 32 heavy (non-hydrogen) atoms. The first-order valence-corrected chi connectivity index (χ1v) is 12.9. The second-order valence-corrected chi connectivity index (χ2v) is 11.8. The maximum Gasteiger partial charge on any atom is 0.161 e. The molecule has 176 valence electrons. The number of para-hydroxylation sites is 2.